The van der Waals surface area contributed by atoms with Crippen molar-refractivity contribution in [1.82, 2.24) is 4.90 Å². The van der Waals surface area contributed by atoms with Gasteiger partial charge in [-0.15, -0.1) is 0 Å². The quantitative estimate of drug-likeness (QED) is 0.677. The second kappa shape index (κ2) is 7.11. The van der Waals surface area contributed by atoms with Gasteiger partial charge < -0.3 is 5.11 Å². The van der Waals surface area contributed by atoms with Gasteiger partial charge in [0.1, 0.15) is 0 Å². The van der Waals surface area contributed by atoms with Gasteiger partial charge in [0, 0.05) is 12.8 Å². The molecule has 3 aromatic carbocycles. The molecule has 3 unspecified atom stereocenters. The van der Waals surface area contributed by atoms with Crippen molar-refractivity contribution in [3.8, 4) is 0 Å². The minimum atomic E-state index is -1.32. The SMILES string of the molecule is O=C1N(c2ccccc2)C(=O)C2(Cc3ccccc3)C(O)CC(c3ccccc3)N12. The molecule has 30 heavy (non-hydrogen) atoms. The number of fused-ring (bicyclic) bond motifs is 1. The van der Waals surface area contributed by atoms with Gasteiger partial charge in [0.15, 0.2) is 5.54 Å². The lowest BCUT2D eigenvalue weighted by molar-refractivity contribution is -0.128. The molecule has 3 aromatic rings. The third kappa shape index (κ3) is 2.66. The first kappa shape index (κ1) is 18.6. The van der Waals surface area contributed by atoms with Crippen molar-refractivity contribution in [3.05, 3.63) is 102 Å². The van der Waals surface area contributed by atoms with Crippen LogP contribution in [0.3, 0.4) is 0 Å². The maximum Gasteiger partial charge on any atom is 0.332 e. The van der Waals surface area contributed by atoms with E-state index in [0.717, 1.165) is 11.1 Å². The highest BCUT2D eigenvalue weighted by Gasteiger charge is 2.67. The number of imide groups is 1. The number of aliphatic hydroxyl groups excluding tert-OH is 1. The number of carbonyl (C=O) groups excluding carboxylic acids is 2. The van der Waals surface area contributed by atoms with E-state index in [-0.39, 0.29) is 24.4 Å². The van der Waals surface area contributed by atoms with Gasteiger partial charge in [-0.25, -0.2) is 9.69 Å². The Morgan fingerprint density at radius 2 is 1.40 bits per heavy atom. The topological polar surface area (TPSA) is 60.9 Å². The van der Waals surface area contributed by atoms with Crippen LogP contribution in [0.5, 0.6) is 0 Å². The molecular formula is C25H22N2O3. The summed E-state index contributed by atoms with van der Waals surface area (Å²) in [5.74, 6) is -0.367. The molecule has 3 atom stereocenters. The number of hydrogen-bond acceptors (Lipinski definition) is 3. The average molecular weight is 398 g/mol. The van der Waals surface area contributed by atoms with Crippen LogP contribution in [0.15, 0.2) is 91.0 Å². The number of benzene rings is 3. The van der Waals surface area contributed by atoms with E-state index in [1.807, 2.05) is 66.7 Å². The van der Waals surface area contributed by atoms with E-state index in [0.29, 0.717) is 12.1 Å². The van der Waals surface area contributed by atoms with Crippen LogP contribution >= 0.6 is 0 Å². The van der Waals surface area contributed by atoms with Crippen LogP contribution in [0.4, 0.5) is 10.5 Å². The molecule has 0 radical (unpaired) electrons. The zero-order chi connectivity index (χ0) is 20.7. The standard InChI is InChI=1S/C25H22N2O3/c28-22-16-21(19-12-6-2-7-13-19)27-24(30)26(20-14-8-3-9-15-20)23(29)25(22,27)17-18-10-4-1-5-11-18/h1-15,21-22,28H,16-17H2. The highest BCUT2D eigenvalue weighted by molar-refractivity contribution is 6.24. The third-order valence-corrected chi connectivity index (χ3v) is 6.23. The predicted octanol–water partition coefficient (Wildman–Crippen LogP) is 3.94. The number of urea groups is 1. The lowest BCUT2D eigenvalue weighted by Crippen LogP contribution is -2.54. The Morgan fingerprint density at radius 1 is 0.833 bits per heavy atom. The molecule has 5 nitrogen and oxygen atoms in total. The van der Waals surface area contributed by atoms with Crippen molar-refractivity contribution >= 4 is 17.6 Å². The molecule has 2 aliphatic rings. The van der Waals surface area contributed by atoms with E-state index in [2.05, 4.69) is 0 Å². The average Bonchev–Trinajstić information content (AvgIpc) is 3.20. The number of nitrogens with zero attached hydrogens (tertiary/aromatic N) is 2. The largest absolute Gasteiger partial charge is 0.390 e. The smallest absolute Gasteiger partial charge is 0.332 e. The Bertz CT molecular complexity index is 1070. The molecular weight excluding hydrogens is 376 g/mol. The fourth-order valence-electron chi connectivity index (χ4n) is 4.84. The molecule has 0 aliphatic carbocycles. The number of amides is 3. The molecule has 5 rings (SSSR count). The minimum absolute atomic E-state index is 0.270. The molecule has 1 N–H and O–H groups in total. The number of rotatable bonds is 4. The first-order valence-electron chi connectivity index (χ1n) is 10.1. The lowest BCUT2D eigenvalue weighted by Gasteiger charge is -2.33. The van der Waals surface area contributed by atoms with E-state index < -0.39 is 11.6 Å². The zero-order valence-electron chi connectivity index (χ0n) is 16.4. The summed E-state index contributed by atoms with van der Waals surface area (Å²) < 4.78 is 0. The van der Waals surface area contributed by atoms with Crippen molar-refractivity contribution in [3.63, 3.8) is 0 Å². The van der Waals surface area contributed by atoms with E-state index in [9.17, 15) is 14.7 Å². The Balaban J connectivity index is 1.65. The second-order valence-electron chi connectivity index (χ2n) is 7.89. The Hall–Kier alpha value is -3.44. The molecule has 3 amide bonds. The highest BCUT2D eigenvalue weighted by atomic mass is 16.3. The Kier molecular flexibility index (Phi) is 4.40. The van der Waals surface area contributed by atoms with Gasteiger partial charge in [0.05, 0.1) is 17.8 Å². The normalized spacial score (nSPS) is 25.6. The number of anilines is 1. The molecule has 5 heteroatoms. The van der Waals surface area contributed by atoms with E-state index in [1.54, 1.807) is 29.2 Å². The number of aliphatic hydroxyl groups is 1. The van der Waals surface area contributed by atoms with E-state index >= 15 is 0 Å². The summed E-state index contributed by atoms with van der Waals surface area (Å²) in [6.45, 7) is 0. The van der Waals surface area contributed by atoms with E-state index in [4.69, 9.17) is 0 Å². The van der Waals surface area contributed by atoms with Crippen LogP contribution in [-0.2, 0) is 11.2 Å². The summed E-state index contributed by atoms with van der Waals surface area (Å²) in [5.41, 5.74) is 1.02. The maximum absolute atomic E-state index is 13.8. The summed E-state index contributed by atoms with van der Waals surface area (Å²) >= 11 is 0. The van der Waals surface area contributed by atoms with Crippen LogP contribution in [0.1, 0.15) is 23.6 Å². The van der Waals surface area contributed by atoms with Crippen molar-refractivity contribution < 1.29 is 14.7 Å². The van der Waals surface area contributed by atoms with Gasteiger partial charge in [-0.1, -0.05) is 78.9 Å². The third-order valence-electron chi connectivity index (χ3n) is 6.23. The zero-order valence-corrected chi connectivity index (χ0v) is 16.4. The van der Waals surface area contributed by atoms with E-state index in [1.165, 1.54) is 4.90 Å². The molecule has 150 valence electrons. The van der Waals surface area contributed by atoms with Crippen LogP contribution in [0, 0.1) is 0 Å². The summed E-state index contributed by atoms with van der Waals surface area (Å²) in [6, 6.07) is 27.4. The molecule has 2 heterocycles. The monoisotopic (exact) mass is 398 g/mol. The molecule has 2 saturated heterocycles. The van der Waals surface area contributed by atoms with Crippen LogP contribution in [-0.4, -0.2) is 33.6 Å². The summed E-state index contributed by atoms with van der Waals surface area (Å²) in [5, 5.41) is 11.3. The molecule has 0 aromatic heterocycles. The number of carbonyl (C=O) groups is 2. The van der Waals surface area contributed by atoms with Crippen LogP contribution in [0.25, 0.3) is 0 Å². The molecule has 2 aliphatic heterocycles. The van der Waals surface area contributed by atoms with Gasteiger partial charge in [-0.2, -0.15) is 0 Å². The number of para-hydroxylation sites is 1. The molecule has 0 bridgehead atoms. The first-order chi connectivity index (χ1) is 14.6. The summed E-state index contributed by atoms with van der Waals surface area (Å²) in [6.07, 6.45) is -0.364. The summed E-state index contributed by atoms with van der Waals surface area (Å²) in [4.78, 5) is 30.3. The maximum atomic E-state index is 13.8. The van der Waals surface area contributed by atoms with Crippen LogP contribution < -0.4 is 4.90 Å². The van der Waals surface area contributed by atoms with Crippen LogP contribution in [0.2, 0.25) is 0 Å². The fraction of sp³-hybridized carbons (Fsp3) is 0.200. The van der Waals surface area contributed by atoms with Crippen molar-refractivity contribution in [2.75, 3.05) is 4.90 Å². The molecule has 0 saturated carbocycles. The fourth-order valence-corrected chi connectivity index (χ4v) is 4.84. The number of hydrogen-bond donors (Lipinski definition) is 1. The van der Waals surface area contributed by atoms with Gasteiger partial charge in [-0.05, 0) is 23.3 Å². The van der Waals surface area contributed by atoms with Crippen molar-refractivity contribution in [1.29, 1.82) is 0 Å². The Morgan fingerprint density at radius 3 is 2.03 bits per heavy atom. The van der Waals surface area contributed by atoms with Gasteiger partial charge >= 0.3 is 6.03 Å². The molecule has 0 spiro atoms. The van der Waals surface area contributed by atoms with Gasteiger partial charge in [0.25, 0.3) is 5.91 Å². The second-order valence-corrected chi connectivity index (χ2v) is 7.89. The van der Waals surface area contributed by atoms with Gasteiger partial charge in [0.2, 0.25) is 0 Å². The Labute approximate surface area is 175 Å². The van der Waals surface area contributed by atoms with Crippen molar-refractivity contribution in [2.45, 2.75) is 30.5 Å². The summed E-state index contributed by atoms with van der Waals surface area (Å²) in [7, 11) is 0. The highest BCUT2D eigenvalue weighted by Crippen LogP contribution is 2.50. The minimum Gasteiger partial charge on any atom is -0.390 e. The van der Waals surface area contributed by atoms with Gasteiger partial charge in [-0.3, -0.25) is 9.69 Å². The first-order valence-corrected chi connectivity index (χ1v) is 10.1. The lowest BCUT2D eigenvalue weighted by atomic mass is 9.85. The van der Waals surface area contributed by atoms with Crippen molar-refractivity contribution in [2.24, 2.45) is 0 Å². The molecule has 2 fully saturated rings. The predicted molar refractivity (Wildman–Crippen MR) is 114 cm³/mol.